The number of rotatable bonds is 7. The molecule has 0 saturated carbocycles. The van der Waals surface area contributed by atoms with Gasteiger partial charge >= 0.3 is 5.97 Å². The number of thiazole rings is 1. The van der Waals surface area contributed by atoms with Crippen LogP contribution in [0.5, 0.6) is 11.5 Å². The van der Waals surface area contributed by atoms with Crippen LogP contribution in [0.1, 0.15) is 10.4 Å². The Morgan fingerprint density at radius 1 is 1.10 bits per heavy atom. The van der Waals surface area contributed by atoms with E-state index in [0.29, 0.717) is 28.0 Å². The van der Waals surface area contributed by atoms with Crippen molar-refractivity contribution in [2.24, 2.45) is 0 Å². The van der Waals surface area contributed by atoms with Crippen LogP contribution in [0, 0.1) is 0 Å². The van der Waals surface area contributed by atoms with E-state index in [-0.39, 0.29) is 5.56 Å². The first-order valence-electron chi connectivity index (χ1n) is 8.50. The van der Waals surface area contributed by atoms with Gasteiger partial charge < -0.3 is 19.9 Å². The van der Waals surface area contributed by atoms with Crippen molar-refractivity contribution in [2.75, 3.05) is 31.9 Å². The van der Waals surface area contributed by atoms with E-state index < -0.39 is 18.5 Å². The maximum absolute atomic E-state index is 12.1. The van der Waals surface area contributed by atoms with Crippen LogP contribution < -0.4 is 20.5 Å². The van der Waals surface area contributed by atoms with Gasteiger partial charge in [-0.3, -0.25) is 10.1 Å². The van der Waals surface area contributed by atoms with Gasteiger partial charge in [-0.05, 0) is 36.4 Å². The first kappa shape index (κ1) is 20.2. The Kier molecular flexibility index (Phi) is 6.30. The number of benzene rings is 2. The molecule has 9 heteroatoms. The van der Waals surface area contributed by atoms with Crippen molar-refractivity contribution in [3.8, 4) is 22.8 Å². The minimum Gasteiger partial charge on any atom is -0.493 e. The third-order valence-electron chi connectivity index (χ3n) is 3.89. The number of carbonyl (C=O) groups excluding carboxylic acids is 2. The molecule has 0 radical (unpaired) electrons. The molecule has 0 saturated heterocycles. The summed E-state index contributed by atoms with van der Waals surface area (Å²) in [6, 6.07) is 11.8. The molecule has 0 bridgehead atoms. The molecule has 2 aromatic carbocycles. The van der Waals surface area contributed by atoms with Crippen LogP contribution >= 0.6 is 11.3 Å². The SMILES string of the molecule is COc1ccc(-c2csc(NC(=O)COC(=O)c3cccc(N)c3)n2)cc1OC. The second kappa shape index (κ2) is 9.07. The third kappa shape index (κ3) is 5.02. The van der Waals surface area contributed by atoms with Crippen molar-refractivity contribution in [3.05, 3.63) is 53.4 Å². The van der Waals surface area contributed by atoms with Gasteiger partial charge in [-0.25, -0.2) is 9.78 Å². The molecule has 150 valence electrons. The summed E-state index contributed by atoms with van der Waals surface area (Å²) in [7, 11) is 3.12. The number of amides is 1. The maximum atomic E-state index is 12.1. The van der Waals surface area contributed by atoms with Gasteiger partial charge in [0, 0.05) is 16.6 Å². The number of anilines is 2. The quantitative estimate of drug-likeness (QED) is 0.452. The summed E-state index contributed by atoms with van der Waals surface area (Å²) in [5.74, 6) is 0.0760. The molecule has 3 N–H and O–H groups in total. The van der Waals surface area contributed by atoms with Crippen molar-refractivity contribution in [1.82, 2.24) is 4.98 Å². The van der Waals surface area contributed by atoms with Crippen LogP contribution in [-0.4, -0.2) is 37.7 Å². The number of nitrogens with two attached hydrogens (primary N) is 1. The van der Waals surface area contributed by atoms with Gasteiger partial charge in [-0.2, -0.15) is 0 Å². The average molecular weight is 413 g/mol. The van der Waals surface area contributed by atoms with Gasteiger partial charge in [0.1, 0.15) is 0 Å². The topological polar surface area (TPSA) is 113 Å². The Hall–Kier alpha value is -3.59. The molecule has 0 aliphatic heterocycles. The number of methoxy groups -OCH3 is 2. The van der Waals surface area contributed by atoms with Gasteiger partial charge in [0.05, 0.1) is 25.5 Å². The van der Waals surface area contributed by atoms with E-state index in [1.54, 1.807) is 49.9 Å². The summed E-state index contributed by atoms with van der Waals surface area (Å²) in [6.45, 7) is -0.432. The van der Waals surface area contributed by atoms with E-state index in [4.69, 9.17) is 19.9 Å². The Labute approximate surface area is 171 Å². The van der Waals surface area contributed by atoms with E-state index in [9.17, 15) is 9.59 Å². The summed E-state index contributed by atoms with van der Waals surface area (Å²) in [6.07, 6.45) is 0. The number of hydrogen-bond donors (Lipinski definition) is 2. The first-order chi connectivity index (χ1) is 14.0. The lowest BCUT2D eigenvalue weighted by molar-refractivity contribution is -0.119. The van der Waals surface area contributed by atoms with Crippen LogP contribution in [-0.2, 0) is 9.53 Å². The fraction of sp³-hybridized carbons (Fsp3) is 0.150. The van der Waals surface area contributed by atoms with Crippen molar-refractivity contribution < 1.29 is 23.8 Å². The summed E-state index contributed by atoms with van der Waals surface area (Å²) >= 11 is 1.26. The second-order valence-electron chi connectivity index (χ2n) is 5.86. The Bertz CT molecular complexity index is 1030. The molecule has 0 atom stereocenters. The molecule has 3 rings (SSSR count). The van der Waals surface area contributed by atoms with Crippen LogP contribution in [0.3, 0.4) is 0 Å². The highest BCUT2D eigenvalue weighted by molar-refractivity contribution is 7.14. The molecule has 0 fully saturated rings. The zero-order valence-electron chi connectivity index (χ0n) is 15.8. The van der Waals surface area contributed by atoms with E-state index in [1.165, 1.54) is 17.4 Å². The molecule has 8 nitrogen and oxygen atoms in total. The number of ether oxygens (including phenoxy) is 3. The highest BCUT2D eigenvalue weighted by Gasteiger charge is 2.13. The number of nitrogen functional groups attached to an aromatic ring is 1. The highest BCUT2D eigenvalue weighted by atomic mass is 32.1. The van der Waals surface area contributed by atoms with Gasteiger partial charge in [0.2, 0.25) is 0 Å². The molecule has 0 unspecified atom stereocenters. The number of hydrogen-bond acceptors (Lipinski definition) is 8. The fourth-order valence-electron chi connectivity index (χ4n) is 2.49. The molecule has 0 aliphatic rings. The smallest absolute Gasteiger partial charge is 0.338 e. The second-order valence-corrected chi connectivity index (χ2v) is 6.72. The minimum atomic E-state index is -0.627. The first-order valence-corrected chi connectivity index (χ1v) is 9.38. The van der Waals surface area contributed by atoms with Crippen LogP contribution in [0.4, 0.5) is 10.8 Å². The van der Waals surface area contributed by atoms with E-state index in [0.717, 1.165) is 5.56 Å². The average Bonchev–Trinajstić information content (AvgIpc) is 3.19. The largest absolute Gasteiger partial charge is 0.493 e. The number of nitrogens with one attached hydrogen (secondary N) is 1. The lowest BCUT2D eigenvalue weighted by Gasteiger charge is -2.08. The van der Waals surface area contributed by atoms with E-state index >= 15 is 0 Å². The number of aromatic nitrogens is 1. The molecular weight excluding hydrogens is 394 g/mol. The monoisotopic (exact) mass is 413 g/mol. The van der Waals surface area contributed by atoms with Crippen molar-refractivity contribution >= 4 is 34.0 Å². The molecule has 1 heterocycles. The molecule has 3 aromatic rings. The third-order valence-corrected chi connectivity index (χ3v) is 4.64. The fourth-order valence-corrected chi connectivity index (χ4v) is 3.23. The zero-order valence-corrected chi connectivity index (χ0v) is 16.6. The molecule has 0 aliphatic carbocycles. The highest BCUT2D eigenvalue weighted by Crippen LogP contribution is 2.33. The van der Waals surface area contributed by atoms with Gasteiger partial charge in [0.15, 0.2) is 23.2 Å². The number of carbonyl (C=O) groups is 2. The van der Waals surface area contributed by atoms with Crippen molar-refractivity contribution in [1.29, 1.82) is 0 Å². The van der Waals surface area contributed by atoms with Crippen LogP contribution in [0.15, 0.2) is 47.8 Å². The van der Waals surface area contributed by atoms with Crippen LogP contribution in [0.25, 0.3) is 11.3 Å². The summed E-state index contributed by atoms with van der Waals surface area (Å²) < 4.78 is 15.5. The van der Waals surface area contributed by atoms with Gasteiger partial charge in [-0.1, -0.05) is 6.07 Å². The van der Waals surface area contributed by atoms with Crippen molar-refractivity contribution in [3.63, 3.8) is 0 Å². The molecule has 0 spiro atoms. The van der Waals surface area contributed by atoms with E-state index in [1.807, 2.05) is 6.07 Å². The van der Waals surface area contributed by atoms with Crippen molar-refractivity contribution in [2.45, 2.75) is 0 Å². The molecular formula is C20H19N3O5S. The lowest BCUT2D eigenvalue weighted by atomic mass is 10.1. The summed E-state index contributed by atoms with van der Waals surface area (Å²) in [4.78, 5) is 28.4. The van der Waals surface area contributed by atoms with E-state index in [2.05, 4.69) is 10.3 Å². The normalized spacial score (nSPS) is 10.3. The van der Waals surface area contributed by atoms with Gasteiger partial charge in [-0.15, -0.1) is 11.3 Å². The number of nitrogens with zero attached hydrogens (tertiary/aromatic N) is 1. The molecule has 29 heavy (non-hydrogen) atoms. The molecule has 1 aromatic heterocycles. The van der Waals surface area contributed by atoms with Crippen LogP contribution in [0.2, 0.25) is 0 Å². The Morgan fingerprint density at radius 2 is 1.90 bits per heavy atom. The summed E-state index contributed by atoms with van der Waals surface area (Å²) in [5.41, 5.74) is 7.83. The maximum Gasteiger partial charge on any atom is 0.338 e. The number of esters is 1. The van der Waals surface area contributed by atoms with Gasteiger partial charge in [0.25, 0.3) is 5.91 Å². The summed E-state index contributed by atoms with van der Waals surface area (Å²) in [5, 5.41) is 4.80. The Morgan fingerprint density at radius 3 is 2.62 bits per heavy atom. The minimum absolute atomic E-state index is 0.280. The standard InChI is InChI=1S/C20H19N3O5S/c1-26-16-7-6-12(9-17(16)27-2)15-11-29-20(22-15)23-18(24)10-28-19(25)13-4-3-5-14(21)8-13/h3-9,11H,10,21H2,1-2H3,(H,22,23,24). The predicted molar refractivity (Wildman–Crippen MR) is 110 cm³/mol. The Balaban J connectivity index is 1.60. The zero-order chi connectivity index (χ0) is 20.8. The lowest BCUT2D eigenvalue weighted by Crippen LogP contribution is -2.20. The predicted octanol–water partition coefficient (Wildman–Crippen LogP) is 3.21. The molecule has 1 amide bonds.